The first-order valence-corrected chi connectivity index (χ1v) is 7.32. The predicted octanol–water partition coefficient (Wildman–Crippen LogP) is 2.12. The smallest absolute Gasteiger partial charge is 0.254 e. The third-order valence-electron chi connectivity index (χ3n) is 4.80. The fourth-order valence-corrected chi connectivity index (χ4v) is 3.81. The van der Waals surface area contributed by atoms with Gasteiger partial charge in [-0.1, -0.05) is 12.2 Å². The Balaban J connectivity index is 1.62. The number of amides is 2. The number of hydrogen-bond donors (Lipinski definition) is 0. The third-order valence-corrected chi connectivity index (χ3v) is 4.80. The fourth-order valence-electron chi connectivity index (χ4n) is 3.81. The van der Waals surface area contributed by atoms with Gasteiger partial charge in [0.2, 0.25) is 0 Å². The molecule has 2 heterocycles. The summed E-state index contributed by atoms with van der Waals surface area (Å²) in [5, 5.41) is 5.12. The summed E-state index contributed by atoms with van der Waals surface area (Å²) in [6.07, 6.45) is 7.63. The highest BCUT2D eigenvalue weighted by atomic mass is 16.3. The average molecular weight is 284 g/mol. The Morgan fingerprint density at radius 1 is 1.14 bits per heavy atom. The van der Waals surface area contributed by atoms with Gasteiger partial charge >= 0.3 is 0 Å². The molecule has 1 aliphatic heterocycles. The zero-order valence-corrected chi connectivity index (χ0v) is 11.7. The lowest BCUT2D eigenvalue weighted by molar-refractivity contribution is -0.140. The zero-order valence-electron chi connectivity index (χ0n) is 11.7. The van der Waals surface area contributed by atoms with Crippen molar-refractivity contribution in [2.45, 2.75) is 19.8 Å². The molecule has 5 rings (SSSR count). The minimum atomic E-state index is -0.211. The number of imide groups is 1. The summed E-state index contributed by atoms with van der Waals surface area (Å²) in [5.74, 6) is 0.959. The van der Waals surface area contributed by atoms with E-state index in [0.717, 1.165) is 23.6 Å². The van der Waals surface area contributed by atoms with Crippen molar-refractivity contribution in [3.8, 4) is 0 Å². The first-order valence-electron chi connectivity index (χ1n) is 7.32. The van der Waals surface area contributed by atoms with E-state index >= 15 is 0 Å². The first kappa shape index (κ1) is 12.6. The van der Waals surface area contributed by atoms with E-state index in [1.54, 1.807) is 6.07 Å². The number of allylic oxidation sites excluding steroid dienone is 2. The van der Waals surface area contributed by atoms with Crippen LogP contribution in [0, 0.1) is 30.6 Å². The summed E-state index contributed by atoms with van der Waals surface area (Å²) in [4.78, 5) is 25.0. The van der Waals surface area contributed by atoms with Crippen molar-refractivity contribution in [2.75, 3.05) is 0 Å². The molecule has 2 bridgehead atoms. The number of fused-ring (bicyclic) bond motifs is 1. The molecule has 1 aromatic rings. The molecule has 2 amide bonds. The van der Waals surface area contributed by atoms with E-state index in [1.165, 1.54) is 6.21 Å². The van der Waals surface area contributed by atoms with E-state index in [9.17, 15) is 9.59 Å². The summed E-state index contributed by atoms with van der Waals surface area (Å²) in [5.41, 5.74) is 0. The van der Waals surface area contributed by atoms with Crippen molar-refractivity contribution in [2.24, 2.45) is 28.8 Å². The van der Waals surface area contributed by atoms with Crippen LogP contribution in [0.2, 0.25) is 0 Å². The number of furan rings is 1. The number of carbonyl (C=O) groups excluding carboxylic acids is 2. The number of aryl methyl sites for hydroxylation is 1. The molecule has 0 radical (unpaired) electrons. The van der Waals surface area contributed by atoms with Crippen LogP contribution in [0.5, 0.6) is 0 Å². The van der Waals surface area contributed by atoms with Crippen LogP contribution in [0.25, 0.3) is 0 Å². The van der Waals surface area contributed by atoms with Crippen LogP contribution >= 0.6 is 0 Å². The highest BCUT2D eigenvalue weighted by molar-refractivity contribution is 6.06. The van der Waals surface area contributed by atoms with Crippen LogP contribution in [0.4, 0.5) is 0 Å². The second-order valence-corrected chi connectivity index (χ2v) is 6.02. The van der Waals surface area contributed by atoms with E-state index in [4.69, 9.17) is 4.42 Å². The van der Waals surface area contributed by atoms with Gasteiger partial charge in [0.15, 0.2) is 0 Å². The molecule has 0 aromatic carbocycles. The minimum Gasteiger partial charge on any atom is -0.460 e. The molecule has 5 heteroatoms. The highest BCUT2D eigenvalue weighted by Crippen LogP contribution is 2.49. The van der Waals surface area contributed by atoms with Gasteiger partial charge in [-0.3, -0.25) is 9.59 Å². The van der Waals surface area contributed by atoms with E-state index in [0.29, 0.717) is 5.76 Å². The topological polar surface area (TPSA) is 62.9 Å². The molecule has 108 valence electrons. The maximum Gasteiger partial charge on any atom is 0.254 e. The average Bonchev–Trinajstić information content (AvgIpc) is 3.03. The van der Waals surface area contributed by atoms with Crippen molar-refractivity contribution in [3.05, 3.63) is 35.8 Å². The molecule has 2 fully saturated rings. The molecule has 3 aliphatic carbocycles. The number of hydrogen-bond acceptors (Lipinski definition) is 4. The SMILES string of the molecule is Cc1ccc(/C=N\N2C(=O)[C@@H]3[C@@H](C2=O)[C@H]2C=C[C@H]3CC2)o1. The molecule has 21 heavy (non-hydrogen) atoms. The van der Waals surface area contributed by atoms with Crippen LogP contribution in [-0.4, -0.2) is 23.0 Å². The molecule has 0 N–H and O–H groups in total. The van der Waals surface area contributed by atoms with Gasteiger partial charge in [-0.15, -0.1) is 0 Å². The molecular weight excluding hydrogens is 268 g/mol. The summed E-state index contributed by atoms with van der Waals surface area (Å²) >= 11 is 0. The van der Waals surface area contributed by atoms with Crippen molar-refractivity contribution in [1.29, 1.82) is 0 Å². The lowest BCUT2D eigenvalue weighted by Gasteiger charge is -2.37. The molecule has 1 aromatic heterocycles. The van der Waals surface area contributed by atoms with Gasteiger partial charge in [-0.25, -0.2) is 0 Å². The van der Waals surface area contributed by atoms with E-state index in [2.05, 4.69) is 17.3 Å². The van der Waals surface area contributed by atoms with Crippen LogP contribution in [-0.2, 0) is 9.59 Å². The van der Waals surface area contributed by atoms with Gasteiger partial charge in [-0.2, -0.15) is 10.1 Å². The normalized spacial score (nSPS) is 34.2. The lowest BCUT2D eigenvalue weighted by Crippen LogP contribution is -2.38. The summed E-state index contributed by atoms with van der Waals surface area (Å²) in [7, 11) is 0. The third kappa shape index (κ3) is 1.80. The number of carbonyl (C=O) groups is 2. The van der Waals surface area contributed by atoms with Gasteiger partial charge in [-0.05, 0) is 43.7 Å². The Hall–Kier alpha value is -2.17. The van der Waals surface area contributed by atoms with Crippen LogP contribution < -0.4 is 0 Å². The largest absolute Gasteiger partial charge is 0.460 e. The standard InChI is InChI=1S/C16H16N2O3/c1-9-2-7-12(21-9)8-17-18-15(19)13-10-3-4-11(6-5-10)14(13)16(18)20/h2-4,7-8,10-11,13-14H,5-6H2,1H3/b17-8-/t10-,11-,13-,14-/m0/s1. The monoisotopic (exact) mass is 284 g/mol. The summed E-state index contributed by atoms with van der Waals surface area (Å²) in [6, 6.07) is 3.58. The summed E-state index contributed by atoms with van der Waals surface area (Å²) < 4.78 is 5.38. The fraction of sp³-hybridized carbons (Fsp3) is 0.438. The van der Waals surface area contributed by atoms with E-state index < -0.39 is 0 Å². The second-order valence-electron chi connectivity index (χ2n) is 6.02. The maximum absolute atomic E-state index is 12.5. The van der Waals surface area contributed by atoms with E-state index in [-0.39, 0.29) is 35.5 Å². The number of hydrazone groups is 1. The maximum atomic E-state index is 12.5. The zero-order chi connectivity index (χ0) is 14.6. The molecule has 0 spiro atoms. The number of nitrogens with zero attached hydrogens (tertiary/aromatic N) is 2. The van der Waals surface area contributed by atoms with Gasteiger partial charge in [0.05, 0.1) is 18.1 Å². The number of rotatable bonds is 2. The summed E-state index contributed by atoms with van der Waals surface area (Å²) in [6.45, 7) is 1.83. The van der Waals surface area contributed by atoms with Gasteiger partial charge in [0, 0.05) is 0 Å². The minimum absolute atomic E-state index is 0.163. The highest BCUT2D eigenvalue weighted by Gasteiger charge is 2.56. The Morgan fingerprint density at radius 2 is 1.76 bits per heavy atom. The predicted molar refractivity (Wildman–Crippen MR) is 75.2 cm³/mol. The molecule has 1 saturated heterocycles. The van der Waals surface area contributed by atoms with Gasteiger partial charge in [0.25, 0.3) is 11.8 Å². The quantitative estimate of drug-likeness (QED) is 0.475. The molecular formula is C16H16N2O3. The molecule has 0 unspecified atom stereocenters. The molecule has 4 aliphatic rings. The van der Waals surface area contributed by atoms with Crippen molar-refractivity contribution >= 4 is 18.0 Å². The molecule has 4 atom stereocenters. The Morgan fingerprint density at radius 3 is 2.24 bits per heavy atom. The first-order chi connectivity index (χ1) is 10.1. The molecule has 5 nitrogen and oxygen atoms in total. The second kappa shape index (κ2) is 4.41. The Kier molecular flexibility index (Phi) is 2.64. The Bertz CT molecular complexity index is 641. The van der Waals surface area contributed by atoms with Crippen LogP contribution in [0.1, 0.15) is 24.4 Å². The van der Waals surface area contributed by atoms with Crippen LogP contribution in [0.15, 0.2) is 33.8 Å². The van der Waals surface area contributed by atoms with E-state index in [1.807, 2.05) is 13.0 Å². The Labute approximate surface area is 122 Å². The molecule has 1 saturated carbocycles. The van der Waals surface area contributed by atoms with Gasteiger partial charge in [0.1, 0.15) is 11.5 Å². The van der Waals surface area contributed by atoms with Crippen LogP contribution in [0.3, 0.4) is 0 Å². The lowest BCUT2D eigenvalue weighted by atomic mass is 9.63. The van der Waals surface area contributed by atoms with Crippen molar-refractivity contribution in [3.63, 3.8) is 0 Å². The van der Waals surface area contributed by atoms with Gasteiger partial charge < -0.3 is 4.42 Å². The van der Waals surface area contributed by atoms with Crippen molar-refractivity contribution in [1.82, 2.24) is 5.01 Å². The van der Waals surface area contributed by atoms with Crippen molar-refractivity contribution < 1.29 is 14.0 Å².